The van der Waals surface area contributed by atoms with Gasteiger partial charge in [0.1, 0.15) is 18.3 Å². The van der Waals surface area contributed by atoms with E-state index in [2.05, 4.69) is 15.5 Å². The van der Waals surface area contributed by atoms with Crippen molar-refractivity contribution in [2.24, 2.45) is 0 Å². The molecule has 0 spiro atoms. The van der Waals surface area contributed by atoms with Crippen molar-refractivity contribution in [1.29, 1.82) is 0 Å². The third-order valence-electron chi connectivity index (χ3n) is 6.35. The van der Waals surface area contributed by atoms with Crippen LogP contribution in [-0.2, 0) is 4.74 Å². The Kier molecular flexibility index (Phi) is 7.70. The summed E-state index contributed by atoms with van der Waals surface area (Å²) in [6.07, 6.45) is 3.15. The number of hydrogen-bond donors (Lipinski definition) is 2. The molecule has 9 nitrogen and oxygen atoms in total. The molecule has 9 heteroatoms. The van der Waals surface area contributed by atoms with E-state index in [1.165, 1.54) is 0 Å². The zero-order chi connectivity index (χ0) is 24.1. The molecule has 2 fully saturated rings. The standard InChI is InChI=1S/C25H38N4O5/c1-25(2,3)34-24(31)29-13-10-18(11-14-29)26-23(30)27-19-7-6-12-28(15-19)16-20-17-32-21-8-4-5-9-22(21)33-20/h4-5,8-9,18-20H,6-7,10-17H2,1-3H3,(H2,26,27,30)/t19-,20-/m0/s1. The Labute approximate surface area is 202 Å². The Morgan fingerprint density at radius 2 is 1.74 bits per heavy atom. The average Bonchev–Trinajstić information content (AvgIpc) is 2.78. The van der Waals surface area contributed by atoms with Gasteiger partial charge in [0.15, 0.2) is 11.5 Å². The summed E-state index contributed by atoms with van der Waals surface area (Å²) >= 11 is 0. The summed E-state index contributed by atoms with van der Waals surface area (Å²) in [4.78, 5) is 28.9. The summed E-state index contributed by atoms with van der Waals surface area (Å²) < 4.78 is 17.4. The fraction of sp³-hybridized carbons (Fsp3) is 0.680. The number of piperidine rings is 2. The van der Waals surface area contributed by atoms with Crippen LogP contribution in [0, 0.1) is 0 Å². The minimum absolute atomic E-state index is 0.0161. The number of carbonyl (C=O) groups excluding carboxylic acids is 2. The molecule has 188 valence electrons. The topological polar surface area (TPSA) is 92.4 Å². The molecule has 3 aliphatic heterocycles. The number of benzene rings is 1. The highest BCUT2D eigenvalue weighted by molar-refractivity contribution is 5.74. The van der Waals surface area contributed by atoms with E-state index in [4.69, 9.17) is 14.2 Å². The van der Waals surface area contributed by atoms with E-state index in [1.54, 1.807) is 4.90 Å². The third kappa shape index (κ3) is 6.91. The molecule has 0 aromatic heterocycles. The van der Waals surface area contributed by atoms with Gasteiger partial charge >= 0.3 is 12.1 Å². The SMILES string of the molecule is CC(C)(C)OC(=O)N1CCC(NC(=O)N[C@H]2CCCN(C[C@H]3COc4ccccc4O3)C2)CC1. The molecule has 3 heterocycles. The zero-order valence-electron chi connectivity index (χ0n) is 20.5. The first-order valence-corrected chi connectivity index (χ1v) is 12.4. The number of likely N-dealkylation sites (tertiary alicyclic amines) is 2. The van der Waals surface area contributed by atoms with Crippen LogP contribution in [0.25, 0.3) is 0 Å². The molecule has 2 N–H and O–H groups in total. The Hall–Kier alpha value is -2.68. The lowest BCUT2D eigenvalue weighted by atomic mass is 10.0. The van der Waals surface area contributed by atoms with Gasteiger partial charge in [-0.3, -0.25) is 4.90 Å². The molecule has 4 rings (SSSR count). The van der Waals surface area contributed by atoms with Crippen LogP contribution in [0.15, 0.2) is 24.3 Å². The van der Waals surface area contributed by atoms with E-state index >= 15 is 0 Å². The molecule has 3 aliphatic rings. The van der Waals surface area contributed by atoms with Crippen LogP contribution in [0.1, 0.15) is 46.5 Å². The van der Waals surface area contributed by atoms with E-state index in [0.29, 0.717) is 19.7 Å². The number of amides is 3. The van der Waals surface area contributed by atoms with Gasteiger partial charge in [0, 0.05) is 38.3 Å². The van der Waals surface area contributed by atoms with Crippen molar-refractivity contribution in [3.05, 3.63) is 24.3 Å². The Bertz CT molecular complexity index is 850. The van der Waals surface area contributed by atoms with Crippen LogP contribution >= 0.6 is 0 Å². The van der Waals surface area contributed by atoms with Crippen LogP contribution in [0.5, 0.6) is 11.5 Å². The van der Waals surface area contributed by atoms with Crippen LogP contribution in [-0.4, -0.2) is 85.0 Å². The van der Waals surface area contributed by atoms with E-state index < -0.39 is 5.60 Å². The maximum atomic E-state index is 12.6. The van der Waals surface area contributed by atoms with E-state index in [0.717, 1.165) is 56.8 Å². The normalized spacial score (nSPS) is 23.8. The predicted octanol–water partition coefficient (Wildman–Crippen LogP) is 2.99. The second-order valence-electron chi connectivity index (χ2n) is 10.5. The smallest absolute Gasteiger partial charge is 0.410 e. The Balaban J connectivity index is 1.17. The number of para-hydroxylation sites is 2. The van der Waals surface area contributed by atoms with E-state index in [9.17, 15) is 9.59 Å². The highest BCUT2D eigenvalue weighted by atomic mass is 16.6. The summed E-state index contributed by atoms with van der Waals surface area (Å²) in [5.74, 6) is 1.59. The van der Waals surface area contributed by atoms with Crippen LogP contribution < -0.4 is 20.1 Å². The number of urea groups is 1. The van der Waals surface area contributed by atoms with Gasteiger partial charge in [-0.1, -0.05) is 12.1 Å². The second-order valence-corrected chi connectivity index (χ2v) is 10.5. The highest BCUT2D eigenvalue weighted by Gasteiger charge is 2.30. The molecule has 0 bridgehead atoms. The summed E-state index contributed by atoms with van der Waals surface area (Å²) in [6.45, 7) is 9.87. The Morgan fingerprint density at radius 3 is 2.47 bits per heavy atom. The van der Waals surface area contributed by atoms with E-state index in [-0.39, 0.29) is 30.3 Å². The molecule has 2 saturated heterocycles. The van der Waals surface area contributed by atoms with Gasteiger partial charge in [0.2, 0.25) is 0 Å². The van der Waals surface area contributed by atoms with Gasteiger partial charge in [-0.25, -0.2) is 9.59 Å². The van der Waals surface area contributed by atoms with Gasteiger partial charge in [-0.2, -0.15) is 0 Å². The van der Waals surface area contributed by atoms with Gasteiger partial charge in [-0.05, 0) is 65.1 Å². The maximum Gasteiger partial charge on any atom is 0.410 e. The van der Waals surface area contributed by atoms with Crippen molar-refractivity contribution in [3.8, 4) is 11.5 Å². The summed E-state index contributed by atoms with van der Waals surface area (Å²) in [6, 6.07) is 7.79. The maximum absolute atomic E-state index is 12.6. The third-order valence-corrected chi connectivity index (χ3v) is 6.35. The molecule has 34 heavy (non-hydrogen) atoms. The van der Waals surface area contributed by atoms with Gasteiger partial charge in [0.25, 0.3) is 0 Å². The average molecular weight is 475 g/mol. The lowest BCUT2D eigenvalue weighted by Crippen LogP contribution is -2.55. The van der Waals surface area contributed by atoms with Crippen LogP contribution in [0.4, 0.5) is 9.59 Å². The Morgan fingerprint density at radius 1 is 1.03 bits per heavy atom. The number of nitrogens with zero attached hydrogens (tertiary/aromatic N) is 2. The first-order chi connectivity index (χ1) is 16.2. The molecule has 0 aliphatic carbocycles. The lowest BCUT2D eigenvalue weighted by Gasteiger charge is -2.37. The summed E-state index contributed by atoms with van der Waals surface area (Å²) in [7, 11) is 0. The minimum Gasteiger partial charge on any atom is -0.486 e. The molecule has 0 saturated carbocycles. The fourth-order valence-electron chi connectivity index (χ4n) is 4.73. The molecule has 0 unspecified atom stereocenters. The number of carbonyl (C=O) groups is 2. The number of ether oxygens (including phenoxy) is 3. The predicted molar refractivity (Wildman–Crippen MR) is 128 cm³/mol. The first kappa shape index (κ1) is 24.4. The zero-order valence-corrected chi connectivity index (χ0v) is 20.5. The molecule has 1 aromatic carbocycles. The van der Waals surface area contributed by atoms with Crippen LogP contribution in [0.3, 0.4) is 0 Å². The van der Waals surface area contributed by atoms with Crippen molar-refractivity contribution in [1.82, 2.24) is 20.4 Å². The highest BCUT2D eigenvalue weighted by Crippen LogP contribution is 2.31. The summed E-state index contributed by atoms with van der Waals surface area (Å²) in [5, 5.41) is 6.23. The largest absolute Gasteiger partial charge is 0.486 e. The quantitative estimate of drug-likeness (QED) is 0.697. The van der Waals surface area contributed by atoms with Crippen LogP contribution in [0.2, 0.25) is 0 Å². The number of rotatable bonds is 4. The van der Waals surface area contributed by atoms with Gasteiger partial charge < -0.3 is 29.7 Å². The number of hydrogen-bond acceptors (Lipinski definition) is 6. The molecule has 3 amide bonds. The van der Waals surface area contributed by atoms with Crippen molar-refractivity contribution in [2.45, 2.75) is 70.2 Å². The first-order valence-electron chi connectivity index (χ1n) is 12.4. The molecular formula is C25H38N4O5. The second kappa shape index (κ2) is 10.7. The van der Waals surface area contributed by atoms with Crippen molar-refractivity contribution < 1.29 is 23.8 Å². The van der Waals surface area contributed by atoms with Crippen molar-refractivity contribution in [2.75, 3.05) is 39.3 Å². The lowest BCUT2D eigenvalue weighted by molar-refractivity contribution is 0.0201. The van der Waals surface area contributed by atoms with Crippen molar-refractivity contribution in [3.63, 3.8) is 0 Å². The van der Waals surface area contributed by atoms with Gasteiger partial charge in [0.05, 0.1) is 0 Å². The number of fused-ring (bicyclic) bond motifs is 1. The van der Waals surface area contributed by atoms with Crippen molar-refractivity contribution >= 4 is 12.1 Å². The van der Waals surface area contributed by atoms with Gasteiger partial charge in [-0.15, -0.1) is 0 Å². The minimum atomic E-state index is -0.499. The monoisotopic (exact) mass is 474 g/mol. The fourth-order valence-corrected chi connectivity index (χ4v) is 4.73. The molecular weight excluding hydrogens is 436 g/mol. The summed E-state index contributed by atoms with van der Waals surface area (Å²) in [5.41, 5.74) is -0.499. The number of nitrogens with one attached hydrogen (secondary N) is 2. The molecule has 1 aromatic rings. The molecule has 2 atom stereocenters. The van der Waals surface area contributed by atoms with E-state index in [1.807, 2.05) is 45.0 Å². The molecule has 0 radical (unpaired) electrons.